The van der Waals surface area contributed by atoms with Crippen LogP contribution in [0.1, 0.15) is 26.2 Å². The lowest BCUT2D eigenvalue weighted by Gasteiger charge is -2.40. The van der Waals surface area contributed by atoms with E-state index in [4.69, 9.17) is 4.74 Å². The highest BCUT2D eigenvalue weighted by molar-refractivity contribution is 5.77. The molecule has 2 aliphatic heterocycles. The second kappa shape index (κ2) is 4.72. The molecule has 2 rings (SSSR count). The van der Waals surface area contributed by atoms with Gasteiger partial charge in [0, 0.05) is 25.6 Å². The summed E-state index contributed by atoms with van der Waals surface area (Å²) in [5.74, 6) is 0.543. The molecule has 2 heterocycles. The minimum absolute atomic E-state index is 0.144. The molecule has 5 nitrogen and oxygen atoms in total. The molecule has 0 unspecified atom stereocenters. The number of carbonyl (C=O) groups excluding carboxylic acids is 2. The van der Waals surface area contributed by atoms with Crippen molar-refractivity contribution in [1.29, 1.82) is 0 Å². The largest absolute Gasteiger partial charge is 0.450 e. The molecule has 0 aliphatic carbocycles. The molecule has 0 aromatic rings. The number of rotatable bonds is 1. The van der Waals surface area contributed by atoms with Crippen LogP contribution in [0.25, 0.3) is 0 Å². The highest BCUT2D eigenvalue weighted by Crippen LogP contribution is 2.25. The standard InChI is InChI=1S/C11H18N2O3/c1-2-16-11(15)13-6-5-9-8(7-13)3-4-10(14)12-9/h8-9H,2-7H2,1H3,(H,12,14)/t8-,9-/m1/s1. The monoisotopic (exact) mass is 226 g/mol. The molecule has 1 N–H and O–H groups in total. The first-order valence-electron chi connectivity index (χ1n) is 5.91. The maximum atomic E-state index is 11.6. The summed E-state index contributed by atoms with van der Waals surface area (Å²) >= 11 is 0. The molecule has 0 spiro atoms. The number of hydrogen-bond acceptors (Lipinski definition) is 3. The summed E-state index contributed by atoms with van der Waals surface area (Å²) in [7, 11) is 0. The van der Waals surface area contributed by atoms with E-state index in [1.165, 1.54) is 0 Å². The van der Waals surface area contributed by atoms with Crippen molar-refractivity contribution in [3.05, 3.63) is 0 Å². The molecule has 2 fully saturated rings. The Labute approximate surface area is 95.1 Å². The van der Waals surface area contributed by atoms with Gasteiger partial charge in [-0.3, -0.25) is 4.79 Å². The van der Waals surface area contributed by atoms with Crippen LogP contribution in [0.3, 0.4) is 0 Å². The van der Waals surface area contributed by atoms with Crippen LogP contribution in [0.4, 0.5) is 4.79 Å². The lowest BCUT2D eigenvalue weighted by atomic mass is 9.85. The van der Waals surface area contributed by atoms with Crippen LogP contribution in [0.15, 0.2) is 0 Å². The fraction of sp³-hybridized carbons (Fsp3) is 0.818. The minimum Gasteiger partial charge on any atom is -0.450 e. The lowest BCUT2D eigenvalue weighted by Crippen LogP contribution is -2.55. The van der Waals surface area contributed by atoms with Crippen LogP contribution in [-0.2, 0) is 9.53 Å². The number of piperidine rings is 2. The van der Waals surface area contributed by atoms with Gasteiger partial charge in [0.25, 0.3) is 0 Å². The second-order valence-electron chi connectivity index (χ2n) is 4.41. The van der Waals surface area contributed by atoms with Gasteiger partial charge in [-0.1, -0.05) is 0 Å². The molecule has 0 aromatic carbocycles. The van der Waals surface area contributed by atoms with Crippen LogP contribution < -0.4 is 5.32 Å². The molecule has 2 amide bonds. The molecule has 0 radical (unpaired) electrons. The zero-order valence-corrected chi connectivity index (χ0v) is 9.57. The van der Waals surface area contributed by atoms with Crippen LogP contribution in [0.2, 0.25) is 0 Å². The number of likely N-dealkylation sites (tertiary alicyclic amines) is 1. The fourth-order valence-electron chi connectivity index (χ4n) is 2.49. The van der Waals surface area contributed by atoms with E-state index in [1.54, 1.807) is 4.90 Å². The molecule has 0 aromatic heterocycles. The quantitative estimate of drug-likeness (QED) is 0.717. The van der Waals surface area contributed by atoms with E-state index in [0.717, 1.165) is 12.8 Å². The van der Waals surface area contributed by atoms with Gasteiger partial charge in [0.1, 0.15) is 0 Å². The zero-order valence-electron chi connectivity index (χ0n) is 9.57. The van der Waals surface area contributed by atoms with Gasteiger partial charge in [0.15, 0.2) is 0 Å². The summed E-state index contributed by atoms with van der Waals surface area (Å²) in [6, 6.07) is 0.256. The molecule has 2 atom stereocenters. The van der Waals surface area contributed by atoms with Crippen molar-refractivity contribution < 1.29 is 14.3 Å². The average molecular weight is 226 g/mol. The Bertz CT molecular complexity index is 293. The van der Waals surface area contributed by atoms with Gasteiger partial charge >= 0.3 is 6.09 Å². The third-order valence-electron chi connectivity index (χ3n) is 3.35. The predicted octanol–water partition coefficient (Wildman–Crippen LogP) is 0.743. The number of hydrogen-bond donors (Lipinski definition) is 1. The Hall–Kier alpha value is -1.26. The minimum atomic E-state index is -0.224. The smallest absolute Gasteiger partial charge is 0.409 e. The number of ether oxygens (including phenoxy) is 1. The summed E-state index contributed by atoms with van der Waals surface area (Å²) in [6.45, 7) is 3.62. The van der Waals surface area contributed by atoms with Crippen LogP contribution in [0.5, 0.6) is 0 Å². The highest BCUT2D eigenvalue weighted by atomic mass is 16.6. The molecule has 0 bridgehead atoms. The number of nitrogens with zero attached hydrogens (tertiary/aromatic N) is 1. The molecule has 2 saturated heterocycles. The fourth-order valence-corrected chi connectivity index (χ4v) is 2.49. The topological polar surface area (TPSA) is 58.6 Å². The first-order chi connectivity index (χ1) is 7.70. The Morgan fingerprint density at radius 1 is 1.56 bits per heavy atom. The van der Waals surface area contributed by atoms with E-state index in [0.29, 0.717) is 32.0 Å². The summed E-state index contributed by atoms with van der Waals surface area (Å²) in [4.78, 5) is 24.5. The van der Waals surface area contributed by atoms with Gasteiger partial charge < -0.3 is 15.0 Å². The molecule has 90 valence electrons. The van der Waals surface area contributed by atoms with Gasteiger partial charge in [-0.15, -0.1) is 0 Å². The number of amides is 2. The highest BCUT2D eigenvalue weighted by Gasteiger charge is 2.35. The maximum absolute atomic E-state index is 11.6. The molecule has 5 heteroatoms. The van der Waals surface area contributed by atoms with Crippen molar-refractivity contribution in [2.75, 3.05) is 19.7 Å². The number of carbonyl (C=O) groups is 2. The van der Waals surface area contributed by atoms with E-state index >= 15 is 0 Å². The molecule has 2 aliphatic rings. The van der Waals surface area contributed by atoms with Crippen molar-refractivity contribution in [3.8, 4) is 0 Å². The zero-order chi connectivity index (χ0) is 11.5. The molecular formula is C11H18N2O3. The lowest BCUT2D eigenvalue weighted by molar-refractivity contribution is -0.125. The average Bonchev–Trinajstić information content (AvgIpc) is 2.28. The van der Waals surface area contributed by atoms with E-state index in [-0.39, 0.29) is 18.0 Å². The van der Waals surface area contributed by atoms with E-state index in [2.05, 4.69) is 5.32 Å². The second-order valence-corrected chi connectivity index (χ2v) is 4.41. The molecule has 16 heavy (non-hydrogen) atoms. The summed E-state index contributed by atoms with van der Waals surface area (Å²) in [5.41, 5.74) is 0. The summed E-state index contributed by atoms with van der Waals surface area (Å²) < 4.78 is 4.98. The van der Waals surface area contributed by atoms with Crippen molar-refractivity contribution in [3.63, 3.8) is 0 Å². The Morgan fingerprint density at radius 2 is 2.38 bits per heavy atom. The number of nitrogens with one attached hydrogen (secondary N) is 1. The molecule has 0 saturated carbocycles. The first-order valence-corrected chi connectivity index (χ1v) is 5.91. The van der Waals surface area contributed by atoms with Crippen molar-refractivity contribution >= 4 is 12.0 Å². The Balaban J connectivity index is 1.90. The van der Waals surface area contributed by atoms with E-state index in [9.17, 15) is 9.59 Å². The van der Waals surface area contributed by atoms with Crippen molar-refractivity contribution in [1.82, 2.24) is 10.2 Å². The van der Waals surface area contributed by atoms with Crippen LogP contribution in [0, 0.1) is 5.92 Å². The third-order valence-corrected chi connectivity index (χ3v) is 3.35. The van der Waals surface area contributed by atoms with Gasteiger partial charge in [0.2, 0.25) is 5.91 Å². The van der Waals surface area contributed by atoms with Gasteiger partial charge in [0.05, 0.1) is 6.61 Å². The van der Waals surface area contributed by atoms with E-state index in [1.807, 2.05) is 6.92 Å². The summed E-state index contributed by atoms with van der Waals surface area (Å²) in [5, 5.41) is 2.99. The third kappa shape index (κ3) is 2.28. The van der Waals surface area contributed by atoms with Gasteiger partial charge in [-0.2, -0.15) is 0 Å². The van der Waals surface area contributed by atoms with Crippen LogP contribution in [-0.4, -0.2) is 42.6 Å². The van der Waals surface area contributed by atoms with Crippen molar-refractivity contribution in [2.24, 2.45) is 5.92 Å². The maximum Gasteiger partial charge on any atom is 0.409 e. The Morgan fingerprint density at radius 3 is 3.12 bits per heavy atom. The number of fused-ring (bicyclic) bond motifs is 1. The molecular weight excluding hydrogens is 208 g/mol. The van der Waals surface area contributed by atoms with E-state index < -0.39 is 0 Å². The van der Waals surface area contributed by atoms with Gasteiger partial charge in [-0.25, -0.2) is 4.79 Å². The Kier molecular flexibility index (Phi) is 3.31. The SMILES string of the molecule is CCOC(=O)N1CC[C@H]2NC(=O)CC[C@@H]2C1. The predicted molar refractivity (Wildman–Crippen MR) is 57.9 cm³/mol. The van der Waals surface area contributed by atoms with Crippen LogP contribution >= 0.6 is 0 Å². The van der Waals surface area contributed by atoms with Gasteiger partial charge in [-0.05, 0) is 25.7 Å². The summed E-state index contributed by atoms with van der Waals surface area (Å²) in [6.07, 6.45) is 2.08. The van der Waals surface area contributed by atoms with Crippen molar-refractivity contribution in [2.45, 2.75) is 32.2 Å². The normalized spacial score (nSPS) is 29.3. The first kappa shape index (κ1) is 11.2.